The van der Waals surface area contributed by atoms with E-state index in [9.17, 15) is 18.0 Å². The molecule has 0 radical (unpaired) electrons. The van der Waals surface area contributed by atoms with Gasteiger partial charge in [-0.15, -0.1) is 0 Å². The Morgan fingerprint density at radius 2 is 2.11 bits per heavy atom. The van der Waals surface area contributed by atoms with E-state index in [0.717, 1.165) is 6.07 Å². The van der Waals surface area contributed by atoms with Crippen LogP contribution in [0.1, 0.15) is 30.1 Å². The molecule has 0 saturated carbocycles. The Labute approximate surface area is 108 Å². The molecular weight excluding hydrogens is 261 g/mol. The van der Waals surface area contributed by atoms with Gasteiger partial charge in [0.2, 0.25) is 0 Å². The second-order valence-corrected chi connectivity index (χ2v) is 4.30. The van der Waals surface area contributed by atoms with Gasteiger partial charge in [-0.25, -0.2) is 0 Å². The molecule has 2 rings (SSSR count). The van der Waals surface area contributed by atoms with Crippen molar-refractivity contribution in [2.75, 3.05) is 13.7 Å². The van der Waals surface area contributed by atoms with Crippen molar-refractivity contribution in [3.05, 3.63) is 29.3 Å². The summed E-state index contributed by atoms with van der Waals surface area (Å²) in [5.74, 6) is 0.0402. The van der Waals surface area contributed by atoms with E-state index in [1.807, 2.05) is 0 Å². The summed E-state index contributed by atoms with van der Waals surface area (Å²) >= 11 is 0. The van der Waals surface area contributed by atoms with E-state index in [1.165, 1.54) is 19.2 Å². The third-order valence-electron chi connectivity index (χ3n) is 3.03. The maximum Gasteiger partial charge on any atom is 0.416 e. The lowest BCUT2D eigenvalue weighted by molar-refractivity contribution is -0.142. The lowest BCUT2D eigenvalue weighted by Gasteiger charge is -2.25. The molecule has 1 fully saturated rings. The number of ether oxygens (including phenoxy) is 2. The number of methoxy groups -OCH3 is 1. The third-order valence-corrected chi connectivity index (χ3v) is 3.03. The zero-order valence-corrected chi connectivity index (χ0v) is 10.3. The van der Waals surface area contributed by atoms with Crippen LogP contribution in [0.5, 0.6) is 5.75 Å². The van der Waals surface area contributed by atoms with Crippen LogP contribution in [0.15, 0.2) is 18.2 Å². The van der Waals surface area contributed by atoms with E-state index in [0.29, 0.717) is 0 Å². The van der Waals surface area contributed by atoms with E-state index < -0.39 is 17.8 Å². The molecule has 1 unspecified atom stereocenters. The van der Waals surface area contributed by atoms with Crippen LogP contribution in [0, 0.1) is 0 Å². The minimum atomic E-state index is -4.51. The van der Waals surface area contributed by atoms with Crippen LogP contribution in [0.2, 0.25) is 0 Å². The van der Waals surface area contributed by atoms with E-state index in [-0.39, 0.29) is 36.5 Å². The van der Waals surface area contributed by atoms with E-state index in [4.69, 9.17) is 9.47 Å². The van der Waals surface area contributed by atoms with E-state index in [1.54, 1.807) is 0 Å². The summed E-state index contributed by atoms with van der Waals surface area (Å²) in [6.07, 6.45) is -5.10. The summed E-state index contributed by atoms with van der Waals surface area (Å²) in [6, 6.07) is 3.68. The molecule has 1 aromatic rings. The number of rotatable bonds is 2. The summed E-state index contributed by atoms with van der Waals surface area (Å²) < 4.78 is 49.2. The molecule has 1 heterocycles. The van der Waals surface area contributed by atoms with Gasteiger partial charge >= 0.3 is 6.18 Å². The van der Waals surface area contributed by atoms with Crippen LogP contribution in [-0.4, -0.2) is 19.5 Å². The molecule has 0 amide bonds. The Balaban J connectivity index is 2.41. The Morgan fingerprint density at radius 1 is 1.37 bits per heavy atom. The van der Waals surface area contributed by atoms with Crippen LogP contribution in [0.4, 0.5) is 13.2 Å². The number of halogens is 3. The Morgan fingerprint density at radius 3 is 2.68 bits per heavy atom. The number of ketones is 1. The van der Waals surface area contributed by atoms with Crippen molar-refractivity contribution >= 4 is 5.78 Å². The smallest absolute Gasteiger partial charge is 0.416 e. The fraction of sp³-hybridized carbons (Fsp3) is 0.462. The van der Waals surface area contributed by atoms with Gasteiger partial charge in [-0.1, -0.05) is 6.07 Å². The van der Waals surface area contributed by atoms with Gasteiger partial charge in [0.25, 0.3) is 0 Å². The molecule has 0 spiro atoms. The van der Waals surface area contributed by atoms with Crippen molar-refractivity contribution in [1.82, 2.24) is 0 Å². The van der Waals surface area contributed by atoms with Gasteiger partial charge < -0.3 is 9.47 Å². The second kappa shape index (κ2) is 5.21. The van der Waals surface area contributed by atoms with Gasteiger partial charge in [0, 0.05) is 12.8 Å². The van der Waals surface area contributed by atoms with Crippen molar-refractivity contribution in [2.24, 2.45) is 0 Å². The first kappa shape index (κ1) is 13.9. The predicted octanol–water partition coefficient (Wildman–Crippen LogP) is 3.13. The van der Waals surface area contributed by atoms with Gasteiger partial charge in [0.05, 0.1) is 25.4 Å². The molecule has 0 N–H and O–H groups in total. The minimum absolute atomic E-state index is 0.0126. The monoisotopic (exact) mass is 274 g/mol. The van der Waals surface area contributed by atoms with Gasteiger partial charge in [-0.3, -0.25) is 4.79 Å². The summed E-state index contributed by atoms with van der Waals surface area (Å²) in [6.45, 7) is 0.160. The first-order valence-corrected chi connectivity index (χ1v) is 5.80. The quantitative estimate of drug-likeness (QED) is 0.831. The van der Waals surface area contributed by atoms with Crippen molar-refractivity contribution in [3.8, 4) is 5.75 Å². The summed E-state index contributed by atoms with van der Waals surface area (Å²) in [5.41, 5.74) is -0.826. The number of Topliss-reactive ketones (excluding diaryl/α,β-unsaturated/α-hetero) is 1. The highest BCUT2D eigenvalue weighted by Gasteiger charge is 2.37. The highest BCUT2D eigenvalue weighted by molar-refractivity contribution is 5.79. The lowest BCUT2D eigenvalue weighted by Crippen LogP contribution is -2.22. The van der Waals surface area contributed by atoms with Crippen molar-refractivity contribution in [2.45, 2.75) is 25.1 Å². The maximum absolute atomic E-state index is 13.0. The SMILES string of the molecule is COc1ccc(C2CC(=O)CCO2)c(C(F)(F)F)c1. The molecule has 1 atom stereocenters. The molecule has 1 aromatic carbocycles. The number of carbonyl (C=O) groups excluding carboxylic acids is 1. The first-order valence-electron chi connectivity index (χ1n) is 5.80. The van der Waals surface area contributed by atoms with Crippen LogP contribution in [0.25, 0.3) is 0 Å². The molecule has 1 saturated heterocycles. The highest BCUT2D eigenvalue weighted by atomic mass is 19.4. The molecule has 3 nitrogen and oxygen atoms in total. The molecule has 0 aromatic heterocycles. The topological polar surface area (TPSA) is 35.5 Å². The number of hydrogen-bond donors (Lipinski definition) is 0. The number of benzene rings is 1. The largest absolute Gasteiger partial charge is 0.497 e. The fourth-order valence-electron chi connectivity index (χ4n) is 2.07. The molecular formula is C13H13F3O3. The van der Waals surface area contributed by atoms with Crippen molar-refractivity contribution < 1.29 is 27.4 Å². The molecule has 19 heavy (non-hydrogen) atoms. The molecule has 104 valence electrons. The lowest BCUT2D eigenvalue weighted by atomic mass is 9.95. The van der Waals surface area contributed by atoms with Crippen molar-refractivity contribution in [1.29, 1.82) is 0 Å². The van der Waals surface area contributed by atoms with E-state index in [2.05, 4.69) is 0 Å². The van der Waals surface area contributed by atoms with Crippen LogP contribution < -0.4 is 4.74 Å². The maximum atomic E-state index is 13.0. The summed E-state index contributed by atoms with van der Waals surface area (Å²) in [7, 11) is 1.30. The van der Waals surface area contributed by atoms with Gasteiger partial charge in [0.15, 0.2) is 0 Å². The average molecular weight is 274 g/mol. The summed E-state index contributed by atoms with van der Waals surface area (Å²) in [5, 5.41) is 0. The predicted molar refractivity (Wildman–Crippen MR) is 60.9 cm³/mol. The number of hydrogen-bond acceptors (Lipinski definition) is 3. The number of alkyl halides is 3. The zero-order chi connectivity index (χ0) is 14.0. The third kappa shape index (κ3) is 3.07. The fourth-order valence-corrected chi connectivity index (χ4v) is 2.07. The molecule has 6 heteroatoms. The molecule has 1 aliphatic rings. The minimum Gasteiger partial charge on any atom is -0.497 e. The van der Waals surface area contributed by atoms with E-state index >= 15 is 0 Å². The normalized spacial score (nSPS) is 20.4. The Hall–Kier alpha value is -1.56. The molecule has 0 aliphatic carbocycles. The number of carbonyl (C=O) groups is 1. The van der Waals surface area contributed by atoms with Gasteiger partial charge in [-0.05, 0) is 17.7 Å². The van der Waals surface area contributed by atoms with Crippen LogP contribution in [-0.2, 0) is 15.7 Å². The molecule has 0 bridgehead atoms. The zero-order valence-electron chi connectivity index (χ0n) is 10.3. The standard InChI is InChI=1S/C13H13F3O3/c1-18-9-2-3-10(11(7-9)13(14,15)16)12-6-8(17)4-5-19-12/h2-3,7,12H,4-6H2,1H3. The van der Waals surface area contributed by atoms with Crippen LogP contribution >= 0.6 is 0 Å². The Bertz CT molecular complexity index is 483. The van der Waals surface area contributed by atoms with Crippen molar-refractivity contribution in [3.63, 3.8) is 0 Å². The van der Waals surface area contributed by atoms with Gasteiger partial charge in [-0.2, -0.15) is 13.2 Å². The highest BCUT2D eigenvalue weighted by Crippen LogP contribution is 2.39. The van der Waals surface area contributed by atoms with Crippen LogP contribution in [0.3, 0.4) is 0 Å². The summed E-state index contributed by atoms with van der Waals surface area (Å²) in [4.78, 5) is 11.3. The first-order chi connectivity index (χ1) is 8.91. The average Bonchev–Trinajstić information content (AvgIpc) is 2.37. The van der Waals surface area contributed by atoms with Gasteiger partial charge in [0.1, 0.15) is 11.5 Å². The Kier molecular flexibility index (Phi) is 3.80. The second-order valence-electron chi connectivity index (χ2n) is 4.30. The molecule has 1 aliphatic heterocycles.